The van der Waals surface area contributed by atoms with Crippen LogP contribution >= 0.6 is 0 Å². The van der Waals surface area contributed by atoms with E-state index in [9.17, 15) is 24.0 Å². The molecule has 12 nitrogen and oxygen atoms in total. The number of benzene rings is 1. The van der Waals surface area contributed by atoms with Crippen LogP contribution in [0.5, 0.6) is 0 Å². The molecular formula is C34H39NO11. The summed E-state index contributed by atoms with van der Waals surface area (Å²) in [6, 6.07) is 11.3. The molecule has 1 aromatic carbocycles. The third-order valence-electron chi connectivity index (χ3n) is 9.57. The minimum absolute atomic E-state index is 0.146. The number of hydrogen-bond acceptors (Lipinski definition) is 12. The van der Waals surface area contributed by atoms with Gasteiger partial charge < -0.3 is 28.4 Å². The van der Waals surface area contributed by atoms with Crippen molar-refractivity contribution in [2.75, 3.05) is 6.61 Å². The second kappa shape index (κ2) is 12.5. The van der Waals surface area contributed by atoms with Gasteiger partial charge in [0.25, 0.3) is 0 Å². The maximum atomic E-state index is 13.9. The van der Waals surface area contributed by atoms with Gasteiger partial charge in [0.1, 0.15) is 24.2 Å². The van der Waals surface area contributed by atoms with Gasteiger partial charge in [-0.1, -0.05) is 25.1 Å². The van der Waals surface area contributed by atoms with Crippen LogP contribution < -0.4 is 0 Å². The van der Waals surface area contributed by atoms with E-state index >= 15 is 0 Å². The molecule has 0 radical (unpaired) electrons. The summed E-state index contributed by atoms with van der Waals surface area (Å²) < 4.78 is 37.1. The van der Waals surface area contributed by atoms with Crippen LogP contribution in [0.3, 0.4) is 0 Å². The van der Waals surface area contributed by atoms with Gasteiger partial charge in [0.05, 0.1) is 22.3 Å². The minimum Gasteiger partial charge on any atom is -0.461 e. The first-order valence-corrected chi connectivity index (χ1v) is 15.3. The van der Waals surface area contributed by atoms with Crippen molar-refractivity contribution in [3.05, 3.63) is 66.0 Å². The fraction of sp³-hybridized carbons (Fsp3) is 0.529. The Balaban J connectivity index is 1.77. The van der Waals surface area contributed by atoms with Crippen molar-refractivity contribution in [2.24, 2.45) is 17.3 Å². The fourth-order valence-corrected chi connectivity index (χ4v) is 7.84. The Labute approximate surface area is 267 Å². The first-order chi connectivity index (χ1) is 21.7. The molecule has 1 saturated heterocycles. The molecule has 2 aliphatic carbocycles. The predicted octanol–water partition coefficient (Wildman–Crippen LogP) is 3.85. The van der Waals surface area contributed by atoms with Gasteiger partial charge in [-0.2, -0.15) is 0 Å². The number of carbonyl (C=O) groups is 5. The van der Waals surface area contributed by atoms with Crippen LogP contribution in [0.25, 0.3) is 0 Å². The van der Waals surface area contributed by atoms with E-state index in [0.717, 1.165) is 0 Å². The Morgan fingerprint density at radius 3 is 2.09 bits per heavy atom. The summed E-state index contributed by atoms with van der Waals surface area (Å²) in [5.74, 6) is -4.41. The van der Waals surface area contributed by atoms with E-state index in [1.165, 1.54) is 39.2 Å². The van der Waals surface area contributed by atoms with Crippen LogP contribution in [0.2, 0.25) is 0 Å². The molecule has 5 rings (SSSR count). The normalized spacial score (nSPS) is 32.3. The molecule has 8 atom stereocenters. The van der Waals surface area contributed by atoms with Crippen LogP contribution in [0.4, 0.5) is 0 Å². The molecule has 246 valence electrons. The number of pyridine rings is 1. The summed E-state index contributed by atoms with van der Waals surface area (Å²) in [6.45, 7) is 8.75. The van der Waals surface area contributed by atoms with Gasteiger partial charge in [0.15, 0.2) is 12.2 Å². The smallest absolute Gasteiger partial charge is 0.339 e. The maximum Gasteiger partial charge on any atom is 0.339 e. The highest BCUT2D eigenvalue weighted by Crippen LogP contribution is 2.68. The van der Waals surface area contributed by atoms with Crippen molar-refractivity contribution in [3.8, 4) is 0 Å². The van der Waals surface area contributed by atoms with Gasteiger partial charge in [-0.15, -0.1) is 0 Å². The first kappa shape index (κ1) is 33.1. The van der Waals surface area contributed by atoms with E-state index in [1.54, 1.807) is 36.4 Å². The molecule has 3 aliphatic rings. The summed E-state index contributed by atoms with van der Waals surface area (Å²) in [7, 11) is 0. The molecule has 2 bridgehead atoms. The Morgan fingerprint density at radius 1 is 0.826 bits per heavy atom. The van der Waals surface area contributed by atoms with Crippen LogP contribution in [0.15, 0.2) is 54.9 Å². The van der Waals surface area contributed by atoms with Gasteiger partial charge in [-0.3, -0.25) is 19.4 Å². The summed E-state index contributed by atoms with van der Waals surface area (Å²) in [4.78, 5) is 69.3. The summed E-state index contributed by atoms with van der Waals surface area (Å²) in [6.07, 6.45) is -1.60. The molecule has 46 heavy (non-hydrogen) atoms. The van der Waals surface area contributed by atoms with Crippen molar-refractivity contribution in [3.63, 3.8) is 0 Å². The number of rotatable bonds is 8. The van der Waals surface area contributed by atoms with Crippen molar-refractivity contribution >= 4 is 29.8 Å². The van der Waals surface area contributed by atoms with Crippen molar-refractivity contribution < 1.29 is 52.4 Å². The van der Waals surface area contributed by atoms with Crippen LogP contribution in [0.1, 0.15) is 75.1 Å². The quantitative estimate of drug-likeness (QED) is 0.305. The van der Waals surface area contributed by atoms with E-state index in [4.69, 9.17) is 28.4 Å². The molecule has 2 aromatic rings. The molecule has 2 saturated carbocycles. The third-order valence-corrected chi connectivity index (χ3v) is 9.57. The second-order valence-corrected chi connectivity index (χ2v) is 12.8. The number of fused-ring (bicyclic) bond motifs is 1. The minimum atomic E-state index is -1.73. The number of carbonyl (C=O) groups excluding carboxylic acids is 5. The van der Waals surface area contributed by atoms with E-state index in [2.05, 4.69) is 4.98 Å². The molecule has 0 N–H and O–H groups in total. The van der Waals surface area contributed by atoms with Crippen LogP contribution in [-0.4, -0.2) is 77.1 Å². The Hall–Kier alpha value is -4.32. The van der Waals surface area contributed by atoms with Gasteiger partial charge in [-0.05, 0) is 56.9 Å². The SMILES string of the molecule is CC(=O)O[C@H]1[C@H]2C[C@]3(OC2(C)C)[C@H](C)C[C@H](OC(C)=O)[C@H](OC(C)=O)[C@@]3(COC(=O)c2cccnc2)[C@@H]1OC(=O)c1ccccc1. The lowest BCUT2D eigenvalue weighted by atomic mass is 9.48. The molecule has 0 amide bonds. The van der Waals surface area contributed by atoms with Crippen LogP contribution in [0, 0.1) is 17.3 Å². The first-order valence-electron chi connectivity index (χ1n) is 15.3. The molecule has 1 aliphatic heterocycles. The number of aromatic nitrogens is 1. The Morgan fingerprint density at radius 2 is 1.48 bits per heavy atom. The number of ether oxygens (including phenoxy) is 6. The Bertz CT molecular complexity index is 1490. The van der Waals surface area contributed by atoms with E-state index in [1.807, 2.05) is 20.8 Å². The van der Waals surface area contributed by atoms with Gasteiger partial charge in [0.2, 0.25) is 0 Å². The second-order valence-electron chi connectivity index (χ2n) is 12.8. The zero-order valence-electron chi connectivity index (χ0n) is 26.7. The number of esters is 5. The van der Waals surface area contributed by atoms with Crippen LogP contribution in [-0.2, 0) is 42.8 Å². The molecule has 3 fully saturated rings. The molecule has 2 heterocycles. The maximum absolute atomic E-state index is 13.9. The van der Waals surface area contributed by atoms with Gasteiger partial charge in [0, 0.05) is 39.1 Å². The fourth-order valence-electron chi connectivity index (χ4n) is 7.84. The van der Waals surface area contributed by atoms with Gasteiger partial charge >= 0.3 is 29.8 Å². The van der Waals surface area contributed by atoms with Gasteiger partial charge in [-0.25, -0.2) is 9.59 Å². The zero-order valence-corrected chi connectivity index (χ0v) is 26.7. The standard InChI is InChI=1S/C34H39NO11/c1-19-15-26(42-20(2)36)28(44-22(4)38)33(18-41-30(39)24-13-10-14-35-17-24)29(45-31(40)23-11-8-7-9-12-23)27(43-21(3)37)25-16-34(19,33)46-32(25,5)6/h7-14,17,19,25-29H,15-16,18H2,1-6H3/t19-,25-,26+,27+,28+,29-,33+,34+/m1/s1. The third kappa shape index (κ3) is 5.74. The van der Waals surface area contributed by atoms with Crippen molar-refractivity contribution in [2.45, 2.75) is 90.0 Å². The average molecular weight is 638 g/mol. The zero-order chi connectivity index (χ0) is 33.4. The highest BCUT2D eigenvalue weighted by Gasteiger charge is 2.81. The topological polar surface area (TPSA) is 154 Å². The lowest BCUT2D eigenvalue weighted by Gasteiger charge is -2.62. The van der Waals surface area contributed by atoms with E-state index < -0.39 is 89.3 Å². The van der Waals surface area contributed by atoms with E-state index in [0.29, 0.717) is 0 Å². The molecule has 1 spiro atoms. The van der Waals surface area contributed by atoms with Crippen molar-refractivity contribution in [1.82, 2.24) is 4.98 Å². The van der Waals surface area contributed by atoms with Crippen molar-refractivity contribution in [1.29, 1.82) is 0 Å². The monoisotopic (exact) mass is 637 g/mol. The molecule has 12 heteroatoms. The highest BCUT2D eigenvalue weighted by atomic mass is 16.6. The van der Waals surface area contributed by atoms with E-state index in [-0.39, 0.29) is 24.0 Å². The Kier molecular flexibility index (Phi) is 8.96. The molecule has 1 aromatic heterocycles. The lowest BCUT2D eigenvalue weighted by molar-refractivity contribution is -0.306. The lowest BCUT2D eigenvalue weighted by Crippen LogP contribution is -2.77. The molecular weight excluding hydrogens is 598 g/mol. The summed E-state index contributed by atoms with van der Waals surface area (Å²) >= 11 is 0. The number of nitrogens with zero attached hydrogens (tertiary/aromatic N) is 1. The molecule has 0 unspecified atom stereocenters. The highest BCUT2D eigenvalue weighted by molar-refractivity contribution is 5.90. The number of hydrogen-bond donors (Lipinski definition) is 0. The average Bonchev–Trinajstić information content (AvgIpc) is 3.26. The largest absolute Gasteiger partial charge is 0.461 e. The summed E-state index contributed by atoms with van der Waals surface area (Å²) in [5.41, 5.74) is -3.60. The predicted molar refractivity (Wildman–Crippen MR) is 159 cm³/mol. The summed E-state index contributed by atoms with van der Waals surface area (Å²) in [5, 5.41) is 0.